The van der Waals surface area contributed by atoms with Gasteiger partial charge in [-0.15, -0.1) is 0 Å². The van der Waals surface area contributed by atoms with Gasteiger partial charge in [0, 0.05) is 6.54 Å². The second kappa shape index (κ2) is 6.47. The number of carbonyl (C=O) groups is 1. The van der Waals surface area contributed by atoms with E-state index in [1.165, 1.54) is 0 Å². The molecule has 1 amide bonds. The van der Waals surface area contributed by atoms with E-state index in [4.69, 9.17) is 21.4 Å². The van der Waals surface area contributed by atoms with Crippen molar-refractivity contribution in [3.63, 3.8) is 0 Å². The van der Waals surface area contributed by atoms with Crippen LogP contribution in [-0.4, -0.2) is 30.3 Å². The molecule has 0 spiro atoms. The third-order valence-electron chi connectivity index (χ3n) is 2.04. The normalized spacial score (nSPS) is 12.0. The molecule has 0 bridgehead atoms. The third kappa shape index (κ3) is 5.06. The minimum atomic E-state index is -0.568. The Bertz CT molecular complexity index is 393. The molecule has 0 saturated carbocycles. The Balaban J connectivity index is 2.44. The molecule has 5 heteroatoms. The van der Waals surface area contributed by atoms with Crippen LogP contribution in [0.5, 0.6) is 5.75 Å². The van der Waals surface area contributed by atoms with Crippen molar-refractivity contribution < 1.29 is 14.6 Å². The van der Waals surface area contributed by atoms with Crippen LogP contribution in [0.4, 0.5) is 0 Å². The Morgan fingerprint density at radius 3 is 2.94 bits per heavy atom. The summed E-state index contributed by atoms with van der Waals surface area (Å²) in [5, 5.41) is 12.0. The molecule has 1 aromatic rings. The summed E-state index contributed by atoms with van der Waals surface area (Å²) < 4.78 is 5.29. The maximum Gasteiger partial charge on any atom is 0.258 e. The molecule has 0 saturated heterocycles. The number of hydrogen-bond donors (Lipinski definition) is 2. The van der Waals surface area contributed by atoms with E-state index >= 15 is 0 Å². The van der Waals surface area contributed by atoms with Gasteiger partial charge in [-0.2, -0.15) is 0 Å². The maximum atomic E-state index is 11.3. The van der Waals surface area contributed by atoms with Gasteiger partial charge in [0.15, 0.2) is 6.61 Å². The second-order valence-corrected chi connectivity index (χ2v) is 4.28. The van der Waals surface area contributed by atoms with Crippen molar-refractivity contribution in [1.82, 2.24) is 5.32 Å². The summed E-state index contributed by atoms with van der Waals surface area (Å²) in [5.74, 6) is 0.197. The number of carbonyl (C=O) groups excluding carboxylic acids is 1. The topological polar surface area (TPSA) is 58.6 Å². The van der Waals surface area contributed by atoms with Crippen LogP contribution in [0.3, 0.4) is 0 Å². The first-order valence-electron chi connectivity index (χ1n) is 5.32. The zero-order chi connectivity index (χ0) is 12.8. The molecule has 4 nitrogen and oxygen atoms in total. The van der Waals surface area contributed by atoms with Crippen LogP contribution in [0.25, 0.3) is 0 Å². The average molecular weight is 258 g/mol. The van der Waals surface area contributed by atoms with Gasteiger partial charge in [0.25, 0.3) is 5.91 Å². The van der Waals surface area contributed by atoms with Crippen molar-refractivity contribution in [3.05, 3.63) is 28.8 Å². The monoisotopic (exact) mass is 257 g/mol. The number of aliphatic hydroxyl groups excluding tert-OH is 1. The van der Waals surface area contributed by atoms with E-state index in [-0.39, 0.29) is 19.1 Å². The Kier molecular flexibility index (Phi) is 5.25. The molecule has 1 atom stereocenters. The third-order valence-corrected chi connectivity index (χ3v) is 2.35. The molecule has 1 rings (SSSR count). The molecule has 17 heavy (non-hydrogen) atoms. The highest BCUT2D eigenvalue weighted by Gasteiger charge is 2.06. The van der Waals surface area contributed by atoms with E-state index in [1.54, 1.807) is 19.1 Å². The van der Waals surface area contributed by atoms with E-state index in [1.807, 2.05) is 13.0 Å². The Labute approximate surface area is 106 Å². The van der Waals surface area contributed by atoms with Crippen LogP contribution in [0.15, 0.2) is 18.2 Å². The highest BCUT2D eigenvalue weighted by Crippen LogP contribution is 2.24. The zero-order valence-electron chi connectivity index (χ0n) is 9.87. The SMILES string of the molecule is Cc1ccc(Cl)c(OCC(=O)NC[C@H](C)O)c1. The predicted octanol–water partition coefficient (Wildman–Crippen LogP) is 1.52. The van der Waals surface area contributed by atoms with Gasteiger partial charge >= 0.3 is 0 Å². The highest BCUT2D eigenvalue weighted by atomic mass is 35.5. The maximum absolute atomic E-state index is 11.3. The highest BCUT2D eigenvalue weighted by molar-refractivity contribution is 6.32. The molecule has 0 radical (unpaired) electrons. The molecule has 0 aliphatic heterocycles. The first-order chi connectivity index (χ1) is 7.99. The summed E-state index contributed by atoms with van der Waals surface area (Å²) in [6.07, 6.45) is -0.568. The predicted molar refractivity (Wildman–Crippen MR) is 66.4 cm³/mol. The van der Waals surface area contributed by atoms with Crippen LogP contribution in [0.1, 0.15) is 12.5 Å². The van der Waals surface area contributed by atoms with Crippen molar-refractivity contribution in [2.75, 3.05) is 13.2 Å². The second-order valence-electron chi connectivity index (χ2n) is 3.88. The van der Waals surface area contributed by atoms with Gasteiger partial charge in [0.1, 0.15) is 5.75 Å². The van der Waals surface area contributed by atoms with Gasteiger partial charge in [0.05, 0.1) is 11.1 Å². The Morgan fingerprint density at radius 1 is 1.59 bits per heavy atom. The number of rotatable bonds is 5. The largest absolute Gasteiger partial charge is 0.482 e. The van der Waals surface area contributed by atoms with E-state index in [9.17, 15) is 4.79 Å². The smallest absolute Gasteiger partial charge is 0.258 e. The zero-order valence-corrected chi connectivity index (χ0v) is 10.6. The molecule has 0 heterocycles. The minimum absolute atomic E-state index is 0.115. The van der Waals surface area contributed by atoms with E-state index in [2.05, 4.69) is 5.32 Å². The van der Waals surface area contributed by atoms with Crippen molar-refractivity contribution in [2.45, 2.75) is 20.0 Å². The van der Waals surface area contributed by atoms with Crippen LogP contribution in [0, 0.1) is 6.92 Å². The number of halogens is 1. The van der Waals surface area contributed by atoms with Gasteiger partial charge in [0.2, 0.25) is 0 Å². The standard InChI is InChI=1S/C12H16ClNO3/c1-8-3-4-10(13)11(5-8)17-7-12(16)14-6-9(2)15/h3-5,9,15H,6-7H2,1-2H3,(H,14,16)/t9-/m0/s1. The number of ether oxygens (including phenoxy) is 1. The fraction of sp³-hybridized carbons (Fsp3) is 0.417. The Morgan fingerprint density at radius 2 is 2.29 bits per heavy atom. The number of aryl methyl sites for hydroxylation is 1. The molecule has 1 aromatic carbocycles. The molecule has 0 aromatic heterocycles. The minimum Gasteiger partial charge on any atom is -0.482 e. The van der Waals surface area contributed by atoms with Crippen LogP contribution in [0.2, 0.25) is 5.02 Å². The Hall–Kier alpha value is -1.26. The lowest BCUT2D eigenvalue weighted by atomic mass is 10.2. The first kappa shape index (κ1) is 13.8. The molecule has 94 valence electrons. The molecule has 0 aliphatic carbocycles. The van der Waals surface area contributed by atoms with Crippen LogP contribution in [-0.2, 0) is 4.79 Å². The summed E-state index contributed by atoms with van der Waals surface area (Å²) in [7, 11) is 0. The van der Waals surface area contributed by atoms with Crippen molar-refractivity contribution in [1.29, 1.82) is 0 Å². The summed E-state index contributed by atoms with van der Waals surface area (Å²) >= 11 is 5.91. The van der Waals surface area contributed by atoms with Gasteiger partial charge in [-0.05, 0) is 31.5 Å². The molecular formula is C12H16ClNO3. The fourth-order valence-electron chi connectivity index (χ4n) is 1.18. The molecule has 2 N–H and O–H groups in total. The summed E-state index contributed by atoms with van der Waals surface area (Å²) in [6, 6.07) is 5.35. The van der Waals surface area contributed by atoms with Gasteiger partial charge < -0.3 is 15.2 Å². The number of aliphatic hydroxyl groups is 1. The average Bonchev–Trinajstić information content (AvgIpc) is 2.27. The number of amides is 1. The van der Waals surface area contributed by atoms with Crippen molar-refractivity contribution >= 4 is 17.5 Å². The lowest BCUT2D eigenvalue weighted by molar-refractivity contribution is -0.123. The van der Waals surface area contributed by atoms with Gasteiger partial charge in [-0.25, -0.2) is 0 Å². The van der Waals surface area contributed by atoms with E-state index in [0.717, 1.165) is 5.56 Å². The molecule has 0 unspecified atom stereocenters. The molecule has 0 fully saturated rings. The van der Waals surface area contributed by atoms with Gasteiger partial charge in [-0.3, -0.25) is 4.79 Å². The summed E-state index contributed by atoms with van der Waals surface area (Å²) in [6.45, 7) is 3.61. The summed E-state index contributed by atoms with van der Waals surface area (Å²) in [5.41, 5.74) is 1.01. The quantitative estimate of drug-likeness (QED) is 0.841. The lowest BCUT2D eigenvalue weighted by Gasteiger charge is -2.10. The molecule has 0 aliphatic rings. The van der Waals surface area contributed by atoms with Gasteiger partial charge in [-0.1, -0.05) is 17.7 Å². The number of hydrogen-bond acceptors (Lipinski definition) is 3. The van der Waals surface area contributed by atoms with Crippen molar-refractivity contribution in [2.24, 2.45) is 0 Å². The van der Waals surface area contributed by atoms with Crippen molar-refractivity contribution in [3.8, 4) is 5.75 Å². The number of benzene rings is 1. The van der Waals surface area contributed by atoms with E-state index in [0.29, 0.717) is 10.8 Å². The summed E-state index contributed by atoms with van der Waals surface area (Å²) in [4.78, 5) is 11.3. The number of nitrogens with one attached hydrogen (secondary N) is 1. The van der Waals surface area contributed by atoms with Crippen LogP contribution < -0.4 is 10.1 Å². The van der Waals surface area contributed by atoms with Crippen LogP contribution >= 0.6 is 11.6 Å². The lowest BCUT2D eigenvalue weighted by Crippen LogP contribution is -2.34. The van der Waals surface area contributed by atoms with E-state index < -0.39 is 6.10 Å². The first-order valence-corrected chi connectivity index (χ1v) is 5.70. The fourth-order valence-corrected chi connectivity index (χ4v) is 1.35. The molecular weight excluding hydrogens is 242 g/mol.